The number of anilines is 1. The Morgan fingerprint density at radius 2 is 1.68 bits per heavy atom. The number of benzene rings is 2. The van der Waals surface area contributed by atoms with E-state index in [1.165, 1.54) is 4.90 Å². The molecule has 28 heavy (non-hydrogen) atoms. The summed E-state index contributed by atoms with van der Waals surface area (Å²) in [5.41, 5.74) is 3.42. The molecule has 0 atom stereocenters. The van der Waals surface area contributed by atoms with Crippen molar-refractivity contribution < 1.29 is 14.0 Å². The van der Waals surface area contributed by atoms with Crippen molar-refractivity contribution in [3.8, 4) is 11.3 Å². The number of nitrogens with one attached hydrogen (secondary N) is 1. The van der Waals surface area contributed by atoms with E-state index in [9.17, 15) is 9.59 Å². The molecule has 0 bridgehead atoms. The number of amides is 2. The quantitative estimate of drug-likeness (QED) is 0.665. The zero-order valence-electron chi connectivity index (χ0n) is 16.0. The number of carbonyl (C=O) groups is 2. The highest BCUT2D eigenvalue weighted by atomic mass is 35.5. The molecule has 5 nitrogen and oxygen atoms in total. The van der Waals surface area contributed by atoms with Crippen LogP contribution in [-0.4, -0.2) is 30.3 Å². The van der Waals surface area contributed by atoms with Crippen LogP contribution < -0.4 is 5.32 Å². The number of aryl methyl sites for hydroxylation is 2. The van der Waals surface area contributed by atoms with Gasteiger partial charge in [0.1, 0.15) is 5.76 Å². The van der Waals surface area contributed by atoms with E-state index in [4.69, 9.17) is 16.0 Å². The van der Waals surface area contributed by atoms with Gasteiger partial charge in [-0.1, -0.05) is 41.9 Å². The Balaban J connectivity index is 1.68. The third-order valence-electron chi connectivity index (χ3n) is 4.43. The van der Waals surface area contributed by atoms with Gasteiger partial charge in [-0.3, -0.25) is 9.59 Å². The summed E-state index contributed by atoms with van der Waals surface area (Å²) < 4.78 is 5.66. The van der Waals surface area contributed by atoms with Gasteiger partial charge in [-0.15, -0.1) is 0 Å². The van der Waals surface area contributed by atoms with Crippen LogP contribution in [0.5, 0.6) is 0 Å². The van der Waals surface area contributed by atoms with Crippen LogP contribution in [0.3, 0.4) is 0 Å². The van der Waals surface area contributed by atoms with Gasteiger partial charge in [0.25, 0.3) is 5.91 Å². The number of hydrogen-bond donors (Lipinski definition) is 1. The SMILES string of the molecule is Cc1cccc(C)c1NC(=O)CN(C)C(=O)c1ccc(-c2ccccc2Cl)o1. The van der Waals surface area contributed by atoms with Gasteiger partial charge in [-0.05, 0) is 49.2 Å². The standard InChI is InChI=1S/C22H21ClN2O3/c1-14-7-6-8-15(2)21(14)24-20(26)13-25(3)22(27)19-12-11-18(28-19)16-9-4-5-10-17(16)23/h4-12H,13H2,1-3H3,(H,24,26). The topological polar surface area (TPSA) is 62.6 Å². The molecule has 6 heteroatoms. The van der Waals surface area contributed by atoms with Crippen molar-refractivity contribution in [2.75, 3.05) is 18.9 Å². The van der Waals surface area contributed by atoms with Crippen LogP contribution in [0.2, 0.25) is 5.02 Å². The summed E-state index contributed by atoms with van der Waals surface area (Å²) in [6, 6.07) is 16.3. The van der Waals surface area contributed by atoms with Crippen molar-refractivity contribution in [1.29, 1.82) is 0 Å². The summed E-state index contributed by atoms with van der Waals surface area (Å²) >= 11 is 6.17. The van der Waals surface area contributed by atoms with Crippen molar-refractivity contribution in [3.05, 3.63) is 76.5 Å². The van der Waals surface area contributed by atoms with Crippen molar-refractivity contribution in [1.82, 2.24) is 4.90 Å². The minimum absolute atomic E-state index is 0.0886. The van der Waals surface area contributed by atoms with Gasteiger partial charge >= 0.3 is 0 Å². The fourth-order valence-electron chi connectivity index (χ4n) is 2.92. The lowest BCUT2D eigenvalue weighted by Gasteiger charge is -2.17. The summed E-state index contributed by atoms with van der Waals surface area (Å²) in [4.78, 5) is 26.3. The molecule has 0 aliphatic carbocycles. The molecule has 0 fully saturated rings. The van der Waals surface area contributed by atoms with E-state index in [1.54, 1.807) is 25.2 Å². The third-order valence-corrected chi connectivity index (χ3v) is 4.76. The van der Waals surface area contributed by atoms with E-state index >= 15 is 0 Å². The van der Waals surface area contributed by atoms with E-state index in [-0.39, 0.29) is 24.1 Å². The molecule has 1 aromatic heterocycles. The molecule has 1 heterocycles. The Kier molecular flexibility index (Phi) is 5.85. The van der Waals surface area contributed by atoms with E-state index in [0.717, 1.165) is 16.8 Å². The number of para-hydroxylation sites is 1. The molecule has 0 saturated heterocycles. The number of hydrogen-bond acceptors (Lipinski definition) is 3. The molecule has 1 N–H and O–H groups in total. The highest BCUT2D eigenvalue weighted by Gasteiger charge is 2.20. The summed E-state index contributed by atoms with van der Waals surface area (Å²) in [5, 5.41) is 3.41. The number of halogens is 1. The predicted molar refractivity (Wildman–Crippen MR) is 111 cm³/mol. The molecule has 144 valence electrons. The Labute approximate surface area is 168 Å². The number of furan rings is 1. The largest absolute Gasteiger partial charge is 0.451 e. The predicted octanol–water partition coefficient (Wildman–Crippen LogP) is 4.93. The van der Waals surface area contributed by atoms with Crippen LogP contribution in [-0.2, 0) is 4.79 Å². The first-order valence-corrected chi connectivity index (χ1v) is 9.21. The monoisotopic (exact) mass is 396 g/mol. The van der Waals surface area contributed by atoms with Crippen molar-refractivity contribution >= 4 is 29.1 Å². The Hall–Kier alpha value is -3.05. The van der Waals surface area contributed by atoms with Crippen molar-refractivity contribution in [3.63, 3.8) is 0 Å². The van der Waals surface area contributed by atoms with Crippen molar-refractivity contribution in [2.24, 2.45) is 0 Å². The van der Waals surface area contributed by atoms with E-state index in [1.807, 2.05) is 50.2 Å². The van der Waals surface area contributed by atoms with Crippen LogP contribution in [0.4, 0.5) is 5.69 Å². The number of rotatable bonds is 5. The van der Waals surface area contributed by atoms with Crippen LogP contribution in [0, 0.1) is 13.8 Å². The summed E-state index contributed by atoms with van der Waals surface area (Å²) in [5.74, 6) is 0.000668. The lowest BCUT2D eigenvalue weighted by molar-refractivity contribution is -0.116. The van der Waals surface area contributed by atoms with Gasteiger partial charge in [0.15, 0.2) is 5.76 Å². The number of nitrogens with zero attached hydrogens (tertiary/aromatic N) is 1. The molecule has 0 spiro atoms. The lowest BCUT2D eigenvalue weighted by Crippen LogP contribution is -2.35. The second kappa shape index (κ2) is 8.31. The van der Waals surface area contributed by atoms with Gasteiger partial charge in [0.05, 0.1) is 11.6 Å². The molecule has 0 aliphatic rings. The first kappa shape index (κ1) is 19.7. The van der Waals surface area contributed by atoms with Gasteiger partial charge in [0.2, 0.25) is 5.91 Å². The van der Waals surface area contributed by atoms with E-state index < -0.39 is 0 Å². The van der Waals surface area contributed by atoms with Gasteiger partial charge in [-0.2, -0.15) is 0 Å². The minimum atomic E-state index is -0.380. The average molecular weight is 397 g/mol. The second-order valence-corrected chi connectivity index (χ2v) is 7.03. The second-order valence-electron chi connectivity index (χ2n) is 6.62. The first-order valence-electron chi connectivity index (χ1n) is 8.83. The smallest absolute Gasteiger partial charge is 0.289 e. The van der Waals surface area contributed by atoms with Gasteiger partial charge in [0, 0.05) is 18.3 Å². The fourth-order valence-corrected chi connectivity index (χ4v) is 3.15. The fraction of sp³-hybridized carbons (Fsp3) is 0.182. The first-order chi connectivity index (χ1) is 13.4. The molecule has 0 unspecified atom stereocenters. The molecular weight excluding hydrogens is 376 g/mol. The summed E-state index contributed by atoms with van der Waals surface area (Å²) in [6.45, 7) is 3.77. The normalized spacial score (nSPS) is 10.6. The molecule has 0 aliphatic heterocycles. The third kappa shape index (κ3) is 4.26. The van der Waals surface area contributed by atoms with Crippen molar-refractivity contribution in [2.45, 2.75) is 13.8 Å². The molecule has 2 aromatic carbocycles. The molecule has 0 radical (unpaired) electrons. The maximum absolute atomic E-state index is 12.6. The highest BCUT2D eigenvalue weighted by Crippen LogP contribution is 2.29. The van der Waals surface area contributed by atoms with E-state index in [2.05, 4.69) is 5.32 Å². The zero-order chi connectivity index (χ0) is 20.3. The maximum atomic E-state index is 12.6. The lowest BCUT2D eigenvalue weighted by atomic mass is 10.1. The van der Waals surface area contributed by atoms with Crippen LogP contribution >= 0.6 is 11.6 Å². The van der Waals surface area contributed by atoms with Crippen LogP contribution in [0.1, 0.15) is 21.7 Å². The minimum Gasteiger partial charge on any atom is -0.451 e. The summed E-state index contributed by atoms with van der Waals surface area (Å²) in [7, 11) is 1.56. The van der Waals surface area contributed by atoms with Gasteiger partial charge in [-0.25, -0.2) is 0 Å². The Morgan fingerprint density at radius 1 is 1.00 bits per heavy atom. The highest BCUT2D eigenvalue weighted by molar-refractivity contribution is 6.33. The molecule has 0 saturated carbocycles. The van der Waals surface area contributed by atoms with Gasteiger partial charge < -0.3 is 14.6 Å². The number of likely N-dealkylation sites (N-methyl/N-ethyl adjacent to an activating group) is 1. The molecular formula is C22H21ClN2O3. The molecule has 3 rings (SSSR count). The Bertz CT molecular complexity index is 1010. The number of carbonyl (C=O) groups excluding carboxylic acids is 2. The molecule has 3 aromatic rings. The maximum Gasteiger partial charge on any atom is 0.289 e. The summed E-state index contributed by atoms with van der Waals surface area (Å²) in [6.07, 6.45) is 0. The Morgan fingerprint density at radius 3 is 2.36 bits per heavy atom. The van der Waals surface area contributed by atoms with Crippen LogP contribution in [0.15, 0.2) is 59.0 Å². The van der Waals surface area contributed by atoms with E-state index in [0.29, 0.717) is 16.3 Å². The molecule has 2 amide bonds. The zero-order valence-corrected chi connectivity index (χ0v) is 16.7. The average Bonchev–Trinajstić information content (AvgIpc) is 3.14. The van der Waals surface area contributed by atoms with Crippen LogP contribution in [0.25, 0.3) is 11.3 Å².